The van der Waals surface area contributed by atoms with Crippen molar-refractivity contribution in [2.75, 3.05) is 6.54 Å². The van der Waals surface area contributed by atoms with Crippen molar-refractivity contribution in [3.8, 4) is 11.1 Å². The topological polar surface area (TPSA) is 58.2 Å². The number of amides is 2. The summed E-state index contributed by atoms with van der Waals surface area (Å²) in [4.78, 5) is 22.2. The van der Waals surface area contributed by atoms with Crippen LogP contribution in [0.15, 0.2) is 42.5 Å². The van der Waals surface area contributed by atoms with Crippen molar-refractivity contribution in [1.82, 2.24) is 10.6 Å². The first-order valence-corrected chi connectivity index (χ1v) is 7.39. The molecular formula is C17H16ClFN2O2. The van der Waals surface area contributed by atoms with Gasteiger partial charge in [-0.15, -0.1) is 0 Å². The molecule has 23 heavy (non-hydrogen) atoms. The minimum absolute atomic E-state index is 0.0607. The summed E-state index contributed by atoms with van der Waals surface area (Å²) in [6.45, 7) is 1.26. The highest BCUT2D eigenvalue weighted by Crippen LogP contribution is 2.23. The van der Waals surface area contributed by atoms with Crippen LogP contribution in [0.25, 0.3) is 11.1 Å². The van der Waals surface area contributed by atoms with Crippen LogP contribution in [0, 0.1) is 5.82 Å². The molecule has 0 spiro atoms. The second kappa shape index (κ2) is 7.74. The lowest BCUT2D eigenvalue weighted by Crippen LogP contribution is -2.35. The van der Waals surface area contributed by atoms with Gasteiger partial charge in [-0.25, -0.2) is 4.39 Å². The van der Waals surface area contributed by atoms with Gasteiger partial charge in [0.25, 0.3) is 0 Å². The maximum atomic E-state index is 14.1. The predicted molar refractivity (Wildman–Crippen MR) is 87.4 cm³/mol. The van der Waals surface area contributed by atoms with E-state index in [9.17, 15) is 14.0 Å². The first-order chi connectivity index (χ1) is 11.0. The molecule has 4 nitrogen and oxygen atoms in total. The lowest BCUT2D eigenvalue weighted by Gasteiger charge is -2.09. The Morgan fingerprint density at radius 2 is 1.70 bits per heavy atom. The molecule has 120 valence electrons. The molecule has 0 bridgehead atoms. The predicted octanol–water partition coefficient (Wildman–Crippen LogP) is 2.90. The van der Waals surface area contributed by atoms with E-state index in [4.69, 9.17) is 11.6 Å². The fraction of sp³-hybridized carbons (Fsp3) is 0.176. The van der Waals surface area contributed by atoms with E-state index in [1.54, 1.807) is 24.3 Å². The third-order valence-corrected chi connectivity index (χ3v) is 3.46. The Bertz CT molecular complexity index is 717. The van der Waals surface area contributed by atoms with Crippen LogP contribution in [0.5, 0.6) is 0 Å². The van der Waals surface area contributed by atoms with Crippen LogP contribution in [0.3, 0.4) is 0 Å². The van der Waals surface area contributed by atoms with Crippen molar-refractivity contribution < 1.29 is 14.0 Å². The number of hydrogen-bond acceptors (Lipinski definition) is 2. The molecule has 2 aromatic rings. The van der Waals surface area contributed by atoms with E-state index in [1.165, 1.54) is 13.0 Å². The van der Waals surface area contributed by atoms with Gasteiger partial charge in [0, 0.05) is 24.1 Å². The second-order valence-electron chi connectivity index (χ2n) is 5.00. The minimum Gasteiger partial charge on any atom is -0.350 e. The van der Waals surface area contributed by atoms with Gasteiger partial charge >= 0.3 is 0 Å². The van der Waals surface area contributed by atoms with Gasteiger partial charge in [0.05, 0.1) is 6.54 Å². The Labute approximate surface area is 138 Å². The fourth-order valence-electron chi connectivity index (χ4n) is 1.97. The Balaban J connectivity index is 2.00. The molecule has 0 saturated carbocycles. The van der Waals surface area contributed by atoms with Crippen molar-refractivity contribution in [2.24, 2.45) is 0 Å². The Hall–Kier alpha value is -2.40. The summed E-state index contributed by atoms with van der Waals surface area (Å²) in [5.74, 6) is -1.07. The van der Waals surface area contributed by atoms with Crippen LogP contribution in [-0.4, -0.2) is 18.4 Å². The number of carbonyl (C=O) groups excluding carboxylic acids is 2. The Morgan fingerprint density at radius 1 is 1.04 bits per heavy atom. The smallest absolute Gasteiger partial charge is 0.239 e. The standard InChI is InChI=1S/C17H16ClFN2O2/c1-11(22)20-10-17(23)21-9-14-3-2-13(8-16(14)19)12-4-6-15(18)7-5-12/h2-8H,9-10H2,1H3,(H,20,22)(H,21,23). The molecule has 0 heterocycles. The van der Waals surface area contributed by atoms with Gasteiger partial charge in [0.15, 0.2) is 0 Å². The molecule has 0 saturated heterocycles. The highest BCUT2D eigenvalue weighted by atomic mass is 35.5. The first kappa shape index (κ1) is 17.0. The molecule has 6 heteroatoms. The van der Waals surface area contributed by atoms with E-state index in [1.807, 2.05) is 12.1 Å². The van der Waals surface area contributed by atoms with Crippen LogP contribution < -0.4 is 10.6 Å². The SMILES string of the molecule is CC(=O)NCC(=O)NCc1ccc(-c2ccc(Cl)cc2)cc1F. The molecule has 0 unspecified atom stereocenters. The van der Waals surface area contributed by atoms with Crippen molar-refractivity contribution in [3.63, 3.8) is 0 Å². The molecule has 0 radical (unpaired) electrons. The van der Waals surface area contributed by atoms with Gasteiger partial charge in [-0.3, -0.25) is 9.59 Å². The molecule has 0 aliphatic carbocycles. The van der Waals surface area contributed by atoms with Crippen LogP contribution >= 0.6 is 11.6 Å². The zero-order chi connectivity index (χ0) is 16.8. The van der Waals surface area contributed by atoms with E-state index in [2.05, 4.69) is 10.6 Å². The minimum atomic E-state index is -0.405. The fourth-order valence-corrected chi connectivity index (χ4v) is 2.10. The summed E-state index contributed by atoms with van der Waals surface area (Å²) in [5.41, 5.74) is 1.96. The molecule has 2 rings (SSSR count). The highest BCUT2D eigenvalue weighted by Gasteiger charge is 2.07. The molecule has 2 aromatic carbocycles. The summed E-state index contributed by atoms with van der Waals surface area (Å²) in [7, 11) is 0. The molecule has 2 amide bonds. The zero-order valence-corrected chi connectivity index (χ0v) is 13.3. The van der Waals surface area contributed by atoms with Gasteiger partial charge in [-0.05, 0) is 29.3 Å². The van der Waals surface area contributed by atoms with E-state index in [0.29, 0.717) is 10.6 Å². The lowest BCUT2D eigenvalue weighted by molar-refractivity contribution is -0.125. The number of rotatable bonds is 5. The van der Waals surface area contributed by atoms with Gasteiger partial charge in [0.1, 0.15) is 5.82 Å². The van der Waals surface area contributed by atoms with Gasteiger partial charge in [-0.1, -0.05) is 35.9 Å². The van der Waals surface area contributed by atoms with E-state index in [0.717, 1.165) is 11.1 Å². The quantitative estimate of drug-likeness (QED) is 0.883. The highest BCUT2D eigenvalue weighted by molar-refractivity contribution is 6.30. The molecule has 0 aliphatic heterocycles. The average molecular weight is 335 g/mol. The van der Waals surface area contributed by atoms with E-state index in [-0.39, 0.29) is 24.9 Å². The molecule has 0 aliphatic rings. The Morgan fingerprint density at radius 3 is 2.30 bits per heavy atom. The van der Waals surface area contributed by atoms with Crippen molar-refractivity contribution in [3.05, 3.63) is 58.9 Å². The Kier molecular flexibility index (Phi) is 5.71. The van der Waals surface area contributed by atoms with E-state index < -0.39 is 5.82 Å². The molecule has 0 atom stereocenters. The maximum Gasteiger partial charge on any atom is 0.239 e. The zero-order valence-electron chi connectivity index (χ0n) is 12.5. The van der Waals surface area contributed by atoms with Crippen LogP contribution in [0.1, 0.15) is 12.5 Å². The lowest BCUT2D eigenvalue weighted by atomic mass is 10.0. The van der Waals surface area contributed by atoms with Gasteiger partial charge in [0.2, 0.25) is 11.8 Å². The van der Waals surface area contributed by atoms with Crippen LogP contribution in [-0.2, 0) is 16.1 Å². The summed E-state index contributed by atoms with van der Waals surface area (Å²) in [6.07, 6.45) is 0. The molecule has 0 fully saturated rings. The molecular weight excluding hydrogens is 319 g/mol. The normalized spacial score (nSPS) is 10.2. The molecule has 0 aromatic heterocycles. The summed E-state index contributed by atoms with van der Waals surface area (Å²) < 4.78 is 14.1. The first-order valence-electron chi connectivity index (χ1n) is 7.01. The number of carbonyl (C=O) groups is 2. The third-order valence-electron chi connectivity index (χ3n) is 3.20. The molecule has 2 N–H and O–H groups in total. The average Bonchev–Trinajstić information content (AvgIpc) is 2.52. The second-order valence-corrected chi connectivity index (χ2v) is 5.44. The monoisotopic (exact) mass is 334 g/mol. The number of hydrogen-bond donors (Lipinski definition) is 2. The summed E-state index contributed by atoms with van der Waals surface area (Å²) in [5, 5.41) is 5.54. The van der Waals surface area contributed by atoms with Crippen LogP contribution in [0.4, 0.5) is 4.39 Å². The third kappa shape index (κ3) is 5.07. The number of benzene rings is 2. The van der Waals surface area contributed by atoms with Crippen molar-refractivity contribution in [1.29, 1.82) is 0 Å². The van der Waals surface area contributed by atoms with Gasteiger partial charge < -0.3 is 10.6 Å². The number of halogens is 2. The summed E-state index contributed by atoms with van der Waals surface area (Å²) in [6, 6.07) is 11.9. The number of nitrogens with one attached hydrogen (secondary N) is 2. The largest absolute Gasteiger partial charge is 0.350 e. The van der Waals surface area contributed by atoms with Crippen molar-refractivity contribution in [2.45, 2.75) is 13.5 Å². The van der Waals surface area contributed by atoms with E-state index >= 15 is 0 Å². The maximum absolute atomic E-state index is 14.1. The van der Waals surface area contributed by atoms with Crippen molar-refractivity contribution >= 4 is 23.4 Å². The van der Waals surface area contributed by atoms with Crippen LogP contribution in [0.2, 0.25) is 5.02 Å². The van der Waals surface area contributed by atoms with Gasteiger partial charge in [-0.2, -0.15) is 0 Å². The summed E-state index contributed by atoms with van der Waals surface area (Å²) >= 11 is 5.83.